The molecule has 7 nitrogen and oxygen atoms in total. The molecule has 7 heteroatoms. The second-order valence-corrected chi connectivity index (χ2v) is 25.9. The second kappa shape index (κ2) is 25.8. The van der Waals surface area contributed by atoms with Gasteiger partial charge in [-0.1, -0.05) is 261 Å². The van der Waals surface area contributed by atoms with Gasteiger partial charge in [0.05, 0.1) is 22.1 Å². The van der Waals surface area contributed by atoms with E-state index in [0.717, 1.165) is 167 Å². The van der Waals surface area contributed by atoms with E-state index in [4.69, 9.17) is 23.2 Å². The lowest BCUT2D eigenvalue weighted by Crippen LogP contribution is -2.09. The third-order valence-electron chi connectivity index (χ3n) is 19.8. The Morgan fingerprint density at radius 3 is 0.777 bits per heavy atom. The van der Waals surface area contributed by atoms with Crippen LogP contribution in [0.1, 0.15) is 0 Å². The average molecular weight is 1320 g/mol. The topological polar surface area (TPSA) is 71.7 Å². The molecule has 4 heterocycles. The monoisotopic (exact) mass is 1320 g/mol. The molecule has 0 fully saturated rings. The second-order valence-electron chi connectivity index (χ2n) is 25.9. The molecule has 0 atom stereocenters. The number of aromatic nitrogens is 2. The van der Waals surface area contributed by atoms with Crippen molar-refractivity contribution in [3.05, 3.63) is 376 Å². The molecule has 0 saturated heterocycles. The summed E-state index contributed by atoms with van der Waals surface area (Å²) in [5.41, 5.74) is 29.0. The number of anilines is 6. The van der Waals surface area contributed by atoms with E-state index in [1.165, 1.54) is 22.3 Å². The van der Waals surface area contributed by atoms with Gasteiger partial charge < -0.3 is 23.1 Å². The van der Waals surface area contributed by atoms with Crippen LogP contribution in [0.15, 0.2) is 389 Å². The lowest BCUT2D eigenvalue weighted by atomic mass is 10.0. The van der Waals surface area contributed by atoms with Crippen LogP contribution >= 0.6 is 0 Å². The van der Waals surface area contributed by atoms with Gasteiger partial charge in [0.1, 0.15) is 33.5 Å². The van der Waals surface area contributed by atoms with Crippen molar-refractivity contribution < 1.29 is 13.3 Å². The first-order valence-electron chi connectivity index (χ1n) is 34.7. The number of para-hydroxylation sites is 8. The van der Waals surface area contributed by atoms with Crippen LogP contribution in [-0.4, -0.2) is 9.97 Å². The van der Waals surface area contributed by atoms with Gasteiger partial charge >= 0.3 is 0 Å². The van der Waals surface area contributed by atoms with Crippen LogP contribution in [0.25, 0.3) is 155 Å². The molecule has 0 amide bonds. The summed E-state index contributed by atoms with van der Waals surface area (Å²) >= 11 is 0. The largest absolute Gasteiger partial charge is 0.455 e. The van der Waals surface area contributed by atoms with Crippen molar-refractivity contribution in [2.75, 3.05) is 9.80 Å². The Bertz CT molecular complexity index is 6350. The lowest BCUT2D eigenvalue weighted by molar-refractivity contribution is 0.669. The summed E-state index contributed by atoms with van der Waals surface area (Å²) in [6.07, 6.45) is 0. The van der Waals surface area contributed by atoms with Crippen molar-refractivity contribution in [3.63, 3.8) is 0 Å². The number of fused-ring (bicyclic) bond motifs is 11. The van der Waals surface area contributed by atoms with Crippen molar-refractivity contribution in [1.82, 2.24) is 9.97 Å². The Kier molecular flexibility index (Phi) is 15.1. The minimum absolute atomic E-state index is 0.888. The highest BCUT2D eigenvalue weighted by molar-refractivity contribution is 6.12. The van der Waals surface area contributed by atoms with Gasteiger partial charge in [-0.3, -0.25) is 0 Å². The van der Waals surface area contributed by atoms with Crippen LogP contribution < -0.4 is 9.80 Å². The van der Waals surface area contributed by atoms with Crippen LogP contribution in [0.5, 0.6) is 0 Å². The molecule has 0 radical (unpaired) electrons. The van der Waals surface area contributed by atoms with Gasteiger partial charge in [0.25, 0.3) is 0 Å². The Balaban J connectivity index is 0.000000142. The van der Waals surface area contributed by atoms with Gasteiger partial charge in [0.2, 0.25) is 0 Å². The Morgan fingerprint density at radius 2 is 0.427 bits per heavy atom. The summed E-state index contributed by atoms with van der Waals surface area (Å²) in [7, 11) is 0. The van der Waals surface area contributed by atoms with Crippen molar-refractivity contribution in [2.45, 2.75) is 0 Å². The van der Waals surface area contributed by atoms with E-state index in [9.17, 15) is 0 Å². The summed E-state index contributed by atoms with van der Waals surface area (Å²) in [6, 6.07) is 132. The molecule has 0 aliphatic carbocycles. The predicted molar refractivity (Wildman–Crippen MR) is 427 cm³/mol. The van der Waals surface area contributed by atoms with Crippen molar-refractivity contribution in [3.8, 4) is 66.8 Å². The molecule has 16 aromatic carbocycles. The van der Waals surface area contributed by atoms with Crippen LogP contribution in [0.2, 0.25) is 0 Å². The zero-order chi connectivity index (χ0) is 68.2. The fourth-order valence-corrected chi connectivity index (χ4v) is 14.7. The maximum absolute atomic E-state index is 6.38. The van der Waals surface area contributed by atoms with Crippen LogP contribution in [0.4, 0.5) is 34.1 Å². The molecule has 103 heavy (non-hydrogen) atoms. The van der Waals surface area contributed by atoms with E-state index < -0.39 is 0 Å². The third kappa shape index (κ3) is 11.2. The third-order valence-corrected chi connectivity index (χ3v) is 19.8. The number of hydrogen-bond acceptors (Lipinski definition) is 7. The summed E-state index contributed by atoms with van der Waals surface area (Å²) < 4.78 is 19.1. The zero-order valence-electron chi connectivity index (χ0n) is 55.8. The molecule has 0 aliphatic heterocycles. The normalized spacial score (nSPS) is 11.5. The molecule has 0 bridgehead atoms. The maximum Gasteiger partial charge on any atom is 0.143 e. The number of furan rings is 3. The molecule has 484 valence electrons. The molecule has 20 rings (SSSR count). The Labute approximate surface area is 594 Å². The Hall–Kier alpha value is -13.9. The van der Waals surface area contributed by atoms with Crippen LogP contribution in [0.3, 0.4) is 0 Å². The van der Waals surface area contributed by atoms with E-state index in [1.54, 1.807) is 0 Å². The summed E-state index contributed by atoms with van der Waals surface area (Å²) in [6.45, 7) is 0. The minimum Gasteiger partial charge on any atom is -0.455 e. The highest BCUT2D eigenvalue weighted by atomic mass is 16.3. The lowest BCUT2D eigenvalue weighted by Gasteiger charge is -2.26. The fourth-order valence-electron chi connectivity index (χ4n) is 14.7. The number of hydrogen-bond donors (Lipinski definition) is 0. The maximum atomic E-state index is 6.38. The van der Waals surface area contributed by atoms with Crippen molar-refractivity contribution in [1.29, 1.82) is 0 Å². The number of nitrogens with zero attached hydrogens (tertiary/aromatic N) is 4. The van der Waals surface area contributed by atoms with Crippen molar-refractivity contribution in [2.24, 2.45) is 0 Å². The highest BCUT2D eigenvalue weighted by Gasteiger charge is 2.20. The average Bonchev–Trinajstić information content (AvgIpc) is 1.70. The van der Waals surface area contributed by atoms with Crippen molar-refractivity contribution >= 4 is 122 Å². The number of rotatable bonds is 12. The zero-order valence-corrected chi connectivity index (χ0v) is 55.8. The van der Waals surface area contributed by atoms with E-state index in [0.29, 0.717) is 0 Å². The smallest absolute Gasteiger partial charge is 0.143 e. The molecule has 0 spiro atoms. The standard InChI is InChI=1S/C48H31N3O.C48H31NO2/c1-2-9-32(10-3-1)33-17-24-37(25-18-33)51(39-28-21-35(22-29-39)40-12-8-13-42-41-11-4-7-16-47(41)52-48(40)42)38-26-19-34(20-27-38)36-23-30-45-46(31-36)50-44-15-6-5-14-43(44)49-45;1-2-10-32(11-3-1)33-20-26-36(27-21-33)49(37-28-22-34(23-29-37)39-14-8-16-43-41-12-4-6-18-45(41)50-47(39)43)38-30-24-35(25-31-38)40-15-9-17-44-42-13-5-7-19-46(42)51-48(40)44/h1-31H;1-31H. The summed E-state index contributed by atoms with van der Waals surface area (Å²) in [5.74, 6) is 0. The van der Waals surface area contributed by atoms with E-state index in [-0.39, 0.29) is 0 Å². The Morgan fingerprint density at radius 1 is 0.175 bits per heavy atom. The van der Waals surface area contributed by atoms with Gasteiger partial charge in [-0.2, -0.15) is 0 Å². The minimum atomic E-state index is 0.888. The molecular weight excluding hydrogens is 1260 g/mol. The first kappa shape index (κ1) is 60.3. The first-order valence-corrected chi connectivity index (χ1v) is 34.7. The van der Waals surface area contributed by atoms with E-state index in [1.807, 2.05) is 60.7 Å². The van der Waals surface area contributed by atoms with Crippen LogP contribution in [-0.2, 0) is 0 Å². The molecule has 0 unspecified atom stereocenters. The molecule has 20 aromatic rings. The first-order chi connectivity index (χ1) is 51.0. The van der Waals surface area contributed by atoms with Gasteiger partial charge in [-0.15, -0.1) is 0 Å². The fraction of sp³-hybridized carbons (Fsp3) is 0. The van der Waals surface area contributed by atoms with Crippen LogP contribution in [0, 0.1) is 0 Å². The molecule has 4 aromatic heterocycles. The quantitative estimate of drug-likeness (QED) is 0.113. The molecule has 0 N–H and O–H groups in total. The van der Waals surface area contributed by atoms with Gasteiger partial charge in [-0.25, -0.2) is 9.97 Å². The predicted octanol–water partition coefficient (Wildman–Crippen LogP) is 27.1. The molecular formula is C96H62N4O3. The SMILES string of the molecule is c1ccc(-c2ccc(N(c3ccc(-c4ccc5nc6ccccc6nc5c4)cc3)c3ccc(-c4cccc5c4oc4ccccc45)cc3)cc2)cc1.c1ccc(-c2ccc(N(c3ccc(-c4cccc5c4oc4ccccc45)cc3)c3ccc(-c4cccc5c4oc4ccccc45)cc3)cc2)cc1. The van der Waals surface area contributed by atoms with E-state index in [2.05, 4.69) is 325 Å². The highest BCUT2D eigenvalue weighted by Crippen LogP contribution is 2.44. The van der Waals surface area contributed by atoms with Gasteiger partial charge in [-0.05, 0) is 165 Å². The van der Waals surface area contributed by atoms with Gasteiger partial charge in [0, 0.05) is 83.1 Å². The summed E-state index contributed by atoms with van der Waals surface area (Å²) in [4.78, 5) is 14.3. The number of benzene rings is 16. The van der Waals surface area contributed by atoms with E-state index >= 15 is 0 Å². The van der Waals surface area contributed by atoms with Gasteiger partial charge in [0.15, 0.2) is 0 Å². The molecule has 0 saturated carbocycles. The molecule has 0 aliphatic rings. The summed E-state index contributed by atoms with van der Waals surface area (Å²) in [5, 5.41) is 6.79.